The van der Waals surface area contributed by atoms with Gasteiger partial charge in [-0.1, -0.05) is 33.6 Å². The summed E-state index contributed by atoms with van der Waals surface area (Å²) in [5.74, 6) is 0.439. The van der Waals surface area contributed by atoms with Crippen LogP contribution < -0.4 is 11.1 Å². The highest BCUT2D eigenvalue weighted by atomic mass is 16.5. The maximum Gasteiger partial charge on any atom is 0.227 e. The monoisotopic (exact) mass is 258 g/mol. The molecular weight excluding hydrogens is 228 g/mol. The fraction of sp³-hybridized carbons (Fsp3) is 0.929. The molecule has 0 bridgehead atoms. The highest BCUT2D eigenvalue weighted by molar-refractivity contribution is 5.82. The lowest BCUT2D eigenvalue weighted by molar-refractivity contribution is -0.131. The smallest absolute Gasteiger partial charge is 0.227 e. The van der Waals surface area contributed by atoms with Gasteiger partial charge in [-0.25, -0.2) is 0 Å². The van der Waals surface area contributed by atoms with E-state index in [1.807, 2.05) is 0 Å². The third-order valence-corrected chi connectivity index (χ3v) is 3.39. The van der Waals surface area contributed by atoms with Gasteiger partial charge in [0, 0.05) is 20.2 Å². The molecule has 18 heavy (non-hydrogen) atoms. The number of carbonyl (C=O) groups excluding carboxylic acids is 1. The average Bonchev–Trinajstić information content (AvgIpc) is 2.35. The molecule has 0 spiro atoms. The molecular formula is C14H30N2O2. The van der Waals surface area contributed by atoms with Crippen molar-refractivity contribution in [3.63, 3.8) is 0 Å². The normalized spacial score (nSPS) is 13.4. The Hall–Kier alpha value is -0.610. The molecule has 0 radical (unpaired) electrons. The molecule has 0 aromatic heterocycles. The van der Waals surface area contributed by atoms with Crippen LogP contribution in [0.25, 0.3) is 0 Å². The fourth-order valence-electron chi connectivity index (χ4n) is 2.40. The number of ether oxygens (including phenoxy) is 1. The molecule has 0 saturated carbocycles. The molecule has 0 aliphatic heterocycles. The lowest BCUT2D eigenvalue weighted by Gasteiger charge is -2.31. The predicted molar refractivity (Wildman–Crippen MR) is 75.4 cm³/mol. The molecule has 0 aliphatic rings. The number of hydrogen-bond acceptors (Lipinski definition) is 3. The Balaban J connectivity index is 4.45. The summed E-state index contributed by atoms with van der Waals surface area (Å²) in [4.78, 5) is 12.4. The van der Waals surface area contributed by atoms with Crippen molar-refractivity contribution in [3.05, 3.63) is 0 Å². The lowest BCUT2D eigenvalue weighted by Crippen LogP contribution is -2.47. The van der Waals surface area contributed by atoms with Crippen molar-refractivity contribution in [2.24, 2.45) is 17.1 Å². The number of hydrogen-bond donors (Lipinski definition) is 2. The second kappa shape index (κ2) is 9.34. The summed E-state index contributed by atoms with van der Waals surface area (Å²) >= 11 is 0. The Morgan fingerprint density at radius 2 is 1.89 bits per heavy atom. The van der Waals surface area contributed by atoms with E-state index in [2.05, 4.69) is 26.1 Å². The zero-order chi connectivity index (χ0) is 14.0. The second-order valence-electron chi connectivity index (χ2n) is 5.25. The maximum absolute atomic E-state index is 12.4. The minimum atomic E-state index is -0.379. The van der Waals surface area contributed by atoms with Gasteiger partial charge in [0.05, 0.1) is 12.0 Å². The highest BCUT2D eigenvalue weighted by Crippen LogP contribution is 2.29. The highest BCUT2D eigenvalue weighted by Gasteiger charge is 2.35. The molecule has 0 heterocycles. The Morgan fingerprint density at radius 1 is 1.33 bits per heavy atom. The fourth-order valence-corrected chi connectivity index (χ4v) is 2.40. The summed E-state index contributed by atoms with van der Waals surface area (Å²) in [5.41, 5.74) is 5.48. The van der Waals surface area contributed by atoms with Crippen molar-refractivity contribution in [1.29, 1.82) is 0 Å². The maximum atomic E-state index is 12.4. The van der Waals surface area contributed by atoms with E-state index in [1.165, 1.54) is 0 Å². The molecule has 0 aliphatic carbocycles. The first-order valence-electron chi connectivity index (χ1n) is 7.03. The van der Waals surface area contributed by atoms with Crippen LogP contribution in [0.2, 0.25) is 0 Å². The molecule has 0 saturated heterocycles. The van der Waals surface area contributed by atoms with Crippen LogP contribution >= 0.6 is 0 Å². The van der Waals surface area contributed by atoms with Crippen molar-refractivity contribution in [3.8, 4) is 0 Å². The molecule has 0 fully saturated rings. The average molecular weight is 258 g/mol. The van der Waals surface area contributed by atoms with Crippen molar-refractivity contribution in [2.75, 3.05) is 26.8 Å². The number of rotatable bonds is 10. The summed E-state index contributed by atoms with van der Waals surface area (Å²) in [7, 11) is 1.68. The zero-order valence-electron chi connectivity index (χ0n) is 12.4. The number of nitrogens with two attached hydrogens (primary N) is 1. The summed E-state index contributed by atoms with van der Waals surface area (Å²) in [6.07, 6.45) is 3.69. The van der Waals surface area contributed by atoms with E-state index in [0.29, 0.717) is 25.6 Å². The van der Waals surface area contributed by atoms with Crippen LogP contribution in [-0.4, -0.2) is 32.7 Å². The molecule has 4 nitrogen and oxygen atoms in total. The van der Waals surface area contributed by atoms with Crippen LogP contribution in [0.15, 0.2) is 0 Å². The first-order valence-corrected chi connectivity index (χ1v) is 7.03. The lowest BCUT2D eigenvalue weighted by atomic mass is 9.78. The molecule has 0 rings (SSSR count). The van der Waals surface area contributed by atoms with Gasteiger partial charge in [0.1, 0.15) is 0 Å². The van der Waals surface area contributed by atoms with E-state index < -0.39 is 0 Å². The van der Waals surface area contributed by atoms with Crippen LogP contribution in [0, 0.1) is 11.3 Å². The van der Waals surface area contributed by atoms with E-state index in [-0.39, 0.29) is 11.3 Å². The molecule has 3 N–H and O–H groups in total. The molecule has 0 aromatic carbocycles. The van der Waals surface area contributed by atoms with E-state index in [1.54, 1.807) is 7.11 Å². The standard InChI is InChI=1S/C14H30N2O2/c1-5-7-14(11-15,8-6-2)13(17)16-9-12(3)10-18-4/h12H,5-11,15H2,1-4H3,(H,16,17). The van der Waals surface area contributed by atoms with Gasteiger partial charge >= 0.3 is 0 Å². The van der Waals surface area contributed by atoms with Crippen LogP contribution in [0.4, 0.5) is 0 Å². The molecule has 1 atom stereocenters. The first kappa shape index (κ1) is 17.4. The van der Waals surface area contributed by atoms with E-state index in [0.717, 1.165) is 25.7 Å². The minimum Gasteiger partial charge on any atom is -0.384 e. The van der Waals surface area contributed by atoms with Crippen LogP contribution in [0.3, 0.4) is 0 Å². The van der Waals surface area contributed by atoms with Crippen LogP contribution in [0.5, 0.6) is 0 Å². The van der Waals surface area contributed by atoms with Crippen molar-refractivity contribution >= 4 is 5.91 Å². The third-order valence-electron chi connectivity index (χ3n) is 3.39. The Labute approximate surface area is 112 Å². The molecule has 0 aromatic rings. The Bertz CT molecular complexity index is 226. The molecule has 1 unspecified atom stereocenters. The van der Waals surface area contributed by atoms with Gasteiger partial charge in [0.2, 0.25) is 5.91 Å². The number of nitrogens with one attached hydrogen (secondary N) is 1. The third kappa shape index (κ3) is 5.36. The number of methoxy groups -OCH3 is 1. The minimum absolute atomic E-state index is 0.108. The van der Waals surface area contributed by atoms with E-state index in [9.17, 15) is 4.79 Å². The Kier molecular flexibility index (Phi) is 9.02. The topological polar surface area (TPSA) is 64.4 Å². The van der Waals surface area contributed by atoms with Crippen LogP contribution in [-0.2, 0) is 9.53 Å². The van der Waals surface area contributed by atoms with Gasteiger partial charge in [-0.3, -0.25) is 4.79 Å². The number of amides is 1. The summed E-state index contributed by atoms with van der Waals surface area (Å²) in [6, 6.07) is 0. The van der Waals surface area contributed by atoms with Gasteiger partial charge in [-0.15, -0.1) is 0 Å². The van der Waals surface area contributed by atoms with Gasteiger partial charge in [-0.05, 0) is 18.8 Å². The molecule has 1 amide bonds. The van der Waals surface area contributed by atoms with Crippen molar-refractivity contribution in [1.82, 2.24) is 5.32 Å². The summed E-state index contributed by atoms with van der Waals surface area (Å²) in [5, 5.41) is 3.03. The number of carbonyl (C=O) groups is 1. The predicted octanol–water partition coefficient (Wildman–Crippen LogP) is 1.93. The van der Waals surface area contributed by atoms with Crippen molar-refractivity contribution in [2.45, 2.75) is 46.5 Å². The molecule has 4 heteroatoms. The van der Waals surface area contributed by atoms with Gasteiger partial charge < -0.3 is 15.8 Å². The molecule has 108 valence electrons. The first-order chi connectivity index (χ1) is 8.56. The summed E-state index contributed by atoms with van der Waals surface area (Å²) in [6.45, 7) is 8.01. The van der Waals surface area contributed by atoms with Gasteiger partial charge in [0.25, 0.3) is 0 Å². The quantitative estimate of drug-likeness (QED) is 0.629. The van der Waals surface area contributed by atoms with Gasteiger partial charge in [0.15, 0.2) is 0 Å². The largest absolute Gasteiger partial charge is 0.384 e. The Morgan fingerprint density at radius 3 is 2.28 bits per heavy atom. The van der Waals surface area contributed by atoms with Gasteiger partial charge in [-0.2, -0.15) is 0 Å². The van der Waals surface area contributed by atoms with Crippen molar-refractivity contribution < 1.29 is 9.53 Å². The SMILES string of the molecule is CCCC(CN)(CCC)C(=O)NCC(C)COC. The summed E-state index contributed by atoms with van der Waals surface area (Å²) < 4.78 is 5.07. The second-order valence-corrected chi connectivity index (χ2v) is 5.25. The zero-order valence-corrected chi connectivity index (χ0v) is 12.4. The van der Waals surface area contributed by atoms with E-state index in [4.69, 9.17) is 10.5 Å². The van der Waals surface area contributed by atoms with Crippen LogP contribution in [0.1, 0.15) is 46.5 Å². The van der Waals surface area contributed by atoms with E-state index >= 15 is 0 Å².